The van der Waals surface area contributed by atoms with Gasteiger partial charge in [0.25, 0.3) is 0 Å². The molecule has 3 nitrogen and oxygen atoms in total. The van der Waals surface area contributed by atoms with E-state index in [1.165, 1.54) is 0 Å². The van der Waals surface area contributed by atoms with E-state index in [4.69, 9.17) is 0 Å². The van der Waals surface area contributed by atoms with Gasteiger partial charge in [-0.05, 0) is 25.7 Å². The Kier molecular flexibility index (Phi) is 4.37. The number of hydrogen-bond acceptors (Lipinski definition) is 3. The van der Waals surface area contributed by atoms with E-state index in [1.54, 1.807) is 5.32 Å². The van der Waals surface area contributed by atoms with Gasteiger partial charge in [-0.15, -0.1) is 23.7 Å². The molecule has 1 aliphatic carbocycles. The maximum Gasteiger partial charge on any atom is 0.471 e. The lowest BCUT2D eigenvalue weighted by atomic mass is 10.0. The Morgan fingerprint density at radius 2 is 1.94 bits per heavy atom. The van der Waals surface area contributed by atoms with Gasteiger partial charge in [0.05, 0.1) is 5.69 Å². The van der Waals surface area contributed by atoms with Crippen LogP contribution in [0.25, 0.3) is 0 Å². The van der Waals surface area contributed by atoms with Gasteiger partial charge in [0.2, 0.25) is 0 Å². The molecule has 0 radical (unpaired) electrons. The fourth-order valence-corrected chi connectivity index (χ4v) is 2.62. The molecule has 0 atom stereocenters. The number of halogens is 4. The number of hydrogen-bond donors (Lipinski definition) is 1. The number of aromatic nitrogens is 1. The quantitative estimate of drug-likeness (QED) is 0.862. The number of alkyl halides is 3. The van der Waals surface area contributed by atoms with Crippen molar-refractivity contribution in [1.82, 2.24) is 4.98 Å². The first-order valence-corrected chi connectivity index (χ1v) is 5.65. The lowest BCUT2D eigenvalue weighted by molar-refractivity contribution is -0.167. The van der Waals surface area contributed by atoms with E-state index in [0.29, 0.717) is 0 Å². The third-order valence-electron chi connectivity index (χ3n) is 2.32. The maximum atomic E-state index is 12.0. The molecule has 0 saturated carbocycles. The van der Waals surface area contributed by atoms with Crippen molar-refractivity contribution in [2.45, 2.75) is 31.9 Å². The van der Waals surface area contributed by atoms with Gasteiger partial charge in [-0.1, -0.05) is 0 Å². The van der Waals surface area contributed by atoms with Crippen molar-refractivity contribution in [2.75, 3.05) is 5.32 Å². The number of carbonyl (C=O) groups is 1. The van der Waals surface area contributed by atoms with Crippen LogP contribution in [0.2, 0.25) is 0 Å². The zero-order valence-corrected chi connectivity index (χ0v) is 10.3. The van der Waals surface area contributed by atoms with E-state index in [9.17, 15) is 18.0 Å². The summed E-state index contributed by atoms with van der Waals surface area (Å²) in [6, 6.07) is 0. The molecule has 0 spiro atoms. The summed E-state index contributed by atoms with van der Waals surface area (Å²) < 4.78 is 35.9. The molecule has 0 fully saturated rings. The van der Waals surface area contributed by atoms with Gasteiger partial charge in [-0.3, -0.25) is 10.1 Å². The molecule has 1 N–H and O–H groups in total. The van der Waals surface area contributed by atoms with Gasteiger partial charge >= 0.3 is 12.1 Å². The number of nitrogens with one attached hydrogen (secondary N) is 1. The number of thiazole rings is 1. The molecule has 0 unspecified atom stereocenters. The van der Waals surface area contributed by atoms with E-state index in [2.05, 4.69) is 4.98 Å². The van der Waals surface area contributed by atoms with Gasteiger partial charge in [-0.2, -0.15) is 13.2 Å². The molecule has 96 valence electrons. The van der Waals surface area contributed by atoms with Crippen molar-refractivity contribution in [3.8, 4) is 0 Å². The second-order valence-corrected chi connectivity index (χ2v) is 4.63. The molecule has 0 aliphatic heterocycles. The van der Waals surface area contributed by atoms with Gasteiger partial charge < -0.3 is 0 Å². The van der Waals surface area contributed by atoms with Crippen LogP contribution in [0.4, 0.5) is 18.3 Å². The average Bonchev–Trinajstić information content (AvgIpc) is 2.58. The minimum Gasteiger partial charge on any atom is -0.294 e. The van der Waals surface area contributed by atoms with Crippen molar-refractivity contribution in [1.29, 1.82) is 0 Å². The molecule has 1 aromatic rings. The van der Waals surface area contributed by atoms with Crippen LogP contribution < -0.4 is 5.32 Å². The standard InChI is InChI=1S/C9H9F3N2OS.ClH/c10-9(11,12)7(15)14-8-13-5-3-1-2-4-6(5)16-8;/h1-4H2,(H,13,14,15);1H. The van der Waals surface area contributed by atoms with Crippen LogP contribution in [-0.2, 0) is 17.6 Å². The topological polar surface area (TPSA) is 42.0 Å². The summed E-state index contributed by atoms with van der Waals surface area (Å²) in [6.07, 6.45) is -1.19. The molecular formula is C9H10ClF3N2OS. The smallest absolute Gasteiger partial charge is 0.294 e. The monoisotopic (exact) mass is 286 g/mol. The van der Waals surface area contributed by atoms with Crippen LogP contribution in [0.5, 0.6) is 0 Å². The van der Waals surface area contributed by atoms with Crippen molar-refractivity contribution in [2.24, 2.45) is 0 Å². The van der Waals surface area contributed by atoms with E-state index < -0.39 is 12.1 Å². The summed E-state index contributed by atoms with van der Waals surface area (Å²) in [6.45, 7) is 0. The van der Waals surface area contributed by atoms with Crippen molar-refractivity contribution in [3.63, 3.8) is 0 Å². The predicted molar refractivity (Wildman–Crippen MR) is 60.7 cm³/mol. The first kappa shape index (κ1) is 14.2. The second-order valence-electron chi connectivity index (χ2n) is 3.55. The fraction of sp³-hybridized carbons (Fsp3) is 0.556. The molecule has 2 rings (SSSR count). The highest BCUT2D eigenvalue weighted by Gasteiger charge is 2.39. The molecule has 1 aromatic heterocycles. The largest absolute Gasteiger partial charge is 0.471 e. The van der Waals surface area contributed by atoms with Gasteiger partial charge in [0.1, 0.15) is 0 Å². The van der Waals surface area contributed by atoms with E-state index in [1.807, 2.05) is 0 Å². The van der Waals surface area contributed by atoms with Gasteiger partial charge in [0, 0.05) is 4.88 Å². The van der Waals surface area contributed by atoms with Crippen LogP contribution in [0, 0.1) is 0 Å². The molecule has 1 aliphatic rings. The van der Waals surface area contributed by atoms with Crippen molar-refractivity contribution < 1.29 is 18.0 Å². The summed E-state index contributed by atoms with van der Waals surface area (Å²) in [4.78, 5) is 15.7. The zero-order valence-electron chi connectivity index (χ0n) is 8.63. The Hall–Kier alpha value is -0.820. The number of carbonyl (C=O) groups excluding carboxylic acids is 1. The van der Waals surface area contributed by atoms with E-state index in [-0.39, 0.29) is 17.5 Å². The number of fused-ring (bicyclic) bond motifs is 1. The van der Waals surface area contributed by atoms with Crippen LogP contribution in [0.15, 0.2) is 0 Å². The molecule has 0 aromatic carbocycles. The number of anilines is 1. The van der Waals surface area contributed by atoms with E-state index in [0.717, 1.165) is 47.6 Å². The lowest BCUT2D eigenvalue weighted by Crippen LogP contribution is -2.29. The van der Waals surface area contributed by atoms with Crippen LogP contribution in [-0.4, -0.2) is 17.1 Å². The van der Waals surface area contributed by atoms with Crippen LogP contribution in [0.3, 0.4) is 0 Å². The van der Waals surface area contributed by atoms with Crippen molar-refractivity contribution >= 4 is 34.8 Å². The third kappa shape index (κ3) is 3.32. The summed E-state index contributed by atoms with van der Waals surface area (Å²) in [5.74, 6) is -1.96. The number of nitrogens with zero attached hydrogens (tertiary/aromatic N) is 1. The first-order chi connectivity index (χ1) is 7.47. The van der Waals surface area contributed by atoms with Crippen LogP contribution in [0.1, 0.15) is 23.4 Å². The predicted octanol–water partition coefficient (Wildman–Crippen LogP) is 2.94. The highest BCUT2D eigenvalue weighted by atomic mass is 35.5. The molecule has 17 heavy (non-hydrogen) atoms. The Bertz CT molecular complexity index is 395. The minimum atomic E-state index is -4.85. The molecule has 1 amide bonds. The van der Waals surface area contributed by atoms with Gasteiger partial charge in [0.15, 0.2) is 5.13 Å². The first-order valence-electron chi connectivity index (χ1n) is 4.83. The number of rotatable bonds is 1. The average molecular weight is 287 g/mol. The van der Waals surface area contributed by atoms with Gasteiger partial charge in [-0.25, -0.2) is 4.98 Å². The molecule has 1 heterocycles. The minimum absolute atomic E-state index is 0. The van der Waals surface area contributed by atoms with Crippen molar-refractivity contribution in [3.05, 3.63) is 10.6 Å². The number of amides is 1. The lowest BCUT2D eigenvalue weighted by Gasteiger charge is -2.06. The Labute approximate surface area is 106 Å². The fourth-order valence-electron chi connectivity index (χ4n) is 1.57. The highest BCUT2D eigenvalue weighted by molar-refractivity contribution is 7.15. The third-order valence-corrected chi connectivity index (χ3v) is 3.40. The Balaban J connectivity index is 0.00000144. The zero-order chi connectivity index (χ0) is 11.8. The Morgan fingerprint density at radius 3 is 2.53 bits per heavy atom. The summed E-state index contributed by atoms with van der Waals surface area (Å²) in [5, 5.41) is 1.83. The summed E-state index contributed by atoms with van der Waals surface area (Å²) in [5.41, 5.74) is 0.828. The van der Waals surface area contributed by atoms with E-state index >= 15 is 0 Å². The summed E-state index contributed by atoms with van der Waals surface area (Å²) in [7, 11) is 0. The molecule has 8 heteroatoms. The normalized spacial score (nSPS) is 14.8. The molecule has 0 saturated heterocycles. The number of aryl methyl sites for hydroxylation is 2. The summed E-state index contributed by atoms with van der Waals surface area (Å²) >= 11 is 1.14. The second kappa shape index (κ2) is 5.22. The highest BCUT2D eigenvalue weighted by Crippen LogP contribution is 2.30. The SMILES string of the molecule is Cl.O=C(Nc1nc2c(s1)CCCC2)C(F)(F)F. The Morgan fingerprint density at radius 1 is 1.29 bits per heavy atom. The molecule has 0 bridgehead atoms. The molecular weight excluding hydrogens is 277 g/mol. The van der Waals surface area contributed by atoms with Crippen LogP contribution >= 0.6 is 23.7 Å². The maximum absolute atomic E-state index is 12.0.